The van der Waals surface area contributed by atoms with Crippen LogP contribution in [-0.2, 0) is 11.3 Å². The minimum Gasteiger partial charge on any atom is -0.495 e. The maximum atomic E-state index is 13.4. The fourth-order valence-electron chi connectivity index (χ4n) is 3.51. The predicted molar refractivity (Wildman–Crippen MR) is 119 cm³/mol. The van der Waals surface area contributed by atoms with E-state index in [2.05, 4.69) is 5.32 Å². The van der Waals surface area contributed by atoms with Crippen LogP contribution in [0, 0.1) is 0 Å². The zero-order valence-electron chi connectivity index (χ0n) is 16.8. The number of hydrogen-bond donors (Lipinski definition) is 3. The van der Waals surface area contributed by atoms with Gasteiger partial charge >= 0.3 is 0 Å². The van der Waals surface area contributed by atoms with Crippen LogP contribution in [0.1, 0.15) is 17.2 Å². The Labute approximate surface area is 181 Å². The molecule has 0 bridgehead atoms. The number of anilines is 1. The molecule has 3 aromatic carbocycles. The fourth-order valence-corrected chi connectivity index (χ4v) is 3.77. The third-order valence-electron chi connectivity index (χ3n) is 4.93. The molecular formula is C24H26ClN2O3+. The molecule has 1 amide bonds. The van der Waals surface area contributed by atoms with Crippen molar-refractivity contribution in [1.29, 1.82) is 0 Å². The van der Waals surface area contributed by atoms with Crippen LogP contribution in [0.15, 0.2) is 78.9 Å². The Morgan fingerprint density at radius 1 is 1.07 bits per heavy atom. The van der Waals surface area contributed by atoms with Gasteiger partial charge in [-0.15, -0.1) is 0 Å². The van der Waals surface area contributed by atoms with E-state index in [-0.39, 0.29) is 12.5 Å². The van der Waals surface area contributed by atoms with Gasteiger partial charge in [-0.1, -0.05) is 72.3 Å². The molecule has 3 aromatic rings. The zero-order valence-corrected chi connectivity index (χ0v) is 17.6. The number of quaternary nitrogens is 1. The standard InChI is InChI=1S/C24H25ClN2O3/c1-30-22-13-12-20(16-21(22)25)26-24(29)23(19-10-6-3-7-11-19)27(14-15-28)17-18-8-4-2-5-9-18/h2-13,16,23,28H,14-15,17H2,1H3,(H,26,29)/p+1/t23-/m0/s1. The van der Waals surface area contributed by atoms with E-state index < -0.39 is 6.04 Å². The second kappa shape index (κ2) is 10.8. The summed E-state index contributed by atoms with van der Waals surface area (Å²) in [4.78, 5) is 14.3. The van der Waals surface area contributed by atoms with Crippen molar-refractivity contribution in [3.05, 3.63) is 95.0 Å². The van der Waals surface area contributed by atoms with E-state index in [1.807, 2.05) is 60.7 Å². The summed E-state index contributed by atoms with van der Waals surface area (Å²) in [5.74, 6) is 0.382. The summed E-state index contributed by atoms with van der Waals surface area (Å²) in [5, 5.41) is 13.1. The fraction of sp³-hybridized carbons (Fsp3) is 0.208. The summed E-state index contributed by atoms with van der Waals surface area (Å²) in [5.41, 5.74) is 2.57. The molecule has 0 fully saturated rings. The lowest BCUT2D eigenvalue weighted by molar-refractivity contribution is -0.935. The third kappa shape index (κ3) is 5.60. The van der Waals surface area contributed by atoms with Gasteiger partial charge in [0.25, 0.3) is 5.91 Å². The van der Waals surface area contributed by atoms with Gasteiger partial charge in [-0.05, 0) is 18.2 Å². The Bertz CT molecular complexity index is 951. The number of hydrogen-bond acceptors (Lipinski definition) is 3. The quantitative estimate of drug-likeness (QED) is 0.493. The molecule has 0 aliphatic carbocycles. The largest absolute Gasteiger partial charge is 0.495 e. The Morgan fingerprint density at radius 2 is 1.73 bits per heavy atom. The molecule has 0 spiro atoms. The maximum Gasteiger partial charge on any atom is 0.287 e. The van der Waals surface area contributed by atoms with Crippen LogP contribution < -0.4 is 15.0 Å². The minimum absolute atomic E-state index is 0.0207. The molecule has 1 unspecified atom stereocenters. The maximum absolute atomic E-state index is 13.4. The van der Waals surface area contributed by atoms with Crippen molar-refractivity contribution in [2.75, 3.05) is 25.6 Å². The SMILES string of the molecule is COc1ccc(NC(=O)[C@H](c2ccccc2)[NH+](CCO)Cc2ccccc2)cc1Cl. The predicted octanol–water partition coefficient (Wildman–Crippen LogP) is 3.11. The summed E-state index contributed by atoms with van der Waals surface area (Å²) in [6, 6.07) is 24.2. The molecular weight excluding hydrogens is 400 g/mol. The molecule has 0 heterocycles. The van der Waals surface area contributed by atoms with Crippen LogP contribution in [0.4, 0.5) is 5.69 Å². The lowest BCUT2D eigenvalue weighted by Gasteiger charge is -2.28. The highest BCUT2D eigenvalue weighted by atomic mass is 35.5. The summed E-state index contributed by atoms with van der Waals surface area (Å²) >= 11 is 6.21. The van der Waals surface area contributed by atoms with Crippen LogP contribution >= 0.6 is 11.6 Å². The number of nitrogens with one attached hydrogen (secondary N) is 2. The number of methoxy groups -OCH3 is 1. The lowest BCUT2D eigenvalue weighted by atomic mass is 10.0. The number of aliphatic hydroxyl groups is 1. The van der Waals surface area contributed by atoms with Crippen LogP contribution in [0.3, 0.4) is 0 Å². The molecule has 156 valence electrons. The number of amides is 1. The first kappa shape index (κ1) is 21.8. The van der Waals surface area contributed by atoms with Crippen molar-refractivity contribution in [3.63, 3.8) is 0 Å². The lowest BCUT2D eigenvalue weighted by Crippen LogP contribution is -3.12. The number of rotatable bonds is 9. The van der Waals surface area contributed by atoms with E-state index >= 15 is 0 Å². The second-order valence-electron chi connectivity index (χ2n) is 6.98. The highest BCUT2D eigenvalue weighted by molar-refractivity contribution is 6.32. The van der Waals surface area contributed by atoms with E-state index in [0.29, 0.717) is 29.5 Å². The van der Waals surface area contributed by atoms with Crippen LogP contribution in [-0.4, -0.2) is 31.3 Å². The minimum atomic E-state index is -0.501. The molecule has 2 atom stereocenters. The van der Waals surface area contributed by atoms with Gasteiger partial charge in [0.1, 0.15) is 18.8 Å². The van der Waals surface area contributed by atoms with Crippen molar-refractivity contribution >= 4 is 23.2 Å². The topological polar surface area (TPSA) is 63.0 Å². The van der Waals surface area contributed by atoms with Gasteiger partial charge in [0.2, 0.25) is 0 Å². The van der Waals surface area contributed by atoms with Gasteiger partial charge in [-0.2, -0.15) is 0 Å². The molecule has 3 N–H and O–H groups in total. The van der Waals surface area contributed by atoms with Gasteiger partial charge in [0.05, 0.1) is 18.7 Å². The van der Waals surface area contributed by atoms with E-state index in [9.17, 15) is 9.90 Å². The molecule has 30 heavy (non-hydrogen) atoms. The Kier molecular flexibility index (Phi) is 7.85. The molecule has 5 nitrogen and oxygen atoms in total. The molecule has 0 aliphatic rings. The van der Waals surface area contributed by atoms with Gasteiger partial charge in [0, 0.05) is 16.8 Å². The zero-order chi connectivity index (χ0) is 21.3. The highest BCUT2D eigenvalue weighted by Crippen LogP contribution is 2.27. The highest BCUT2D eigenvalue weighted by Gasteiger charge is 2.31. The van der Waals surface area contributed by atoms with E-state index in [4.69, 9.17) is 16.3 Å². The molecule has 0 aliphatic heterocycles. The number of benzene rings is 3. The second-order valence-corrected chi connectivity index (χ2v) is 7.38. The van der Waals surface area contributed by atoms with E-state index in [0.717, 1.165) is 16.0 Å². The Hall–Kier alpha value is -2.86. The van der Waals surface area contributed by atoms with Crippen LogP contribution in [0.2, 0.25) is 5.02 Å². The molecule has 0 saturated heterocycles. The average Bonchev–Trinajstić information content (AvgIpc) is 2.76. The van der Waals surface area contributed by atoms with Crippen molar-refractivity contribution in [2.45, 2.75) is 12.6 Å². The summed E-state index contributed by atoms with van der Waals surface area (Å²) in [6.45, 7) is 1.02. The monoisotopic (exact) mass is 425 g/mol. The number of aliphatic hydroxyl groups excluding tert-OH is 1. The normalized spacial score (nSPS) is 12.8. The van der Waals surface area contributed by atoms with E-state index in [1.54, 1.807) is 25.3 Å². The first-order valence-electron chi connectivity index (χ1n) is 9.81. The summed E-state index contributed by atoms with van der Waals surface area (Å²) in [6.07, 6.45) is 0. The van der Waals surface area contributed by atoms with Crippen molar-refractivity contribution < 1.29 is 19.5 Å². The Balaban J connectivity index is 1.90. The summed E-state index contributed by atoms with van der Waals surface area (Å²) < 4.78 is 5.18. The van der Waals surface area contributed by atoms with Gasteiger partial charge in [-0.25, -0.2) is 0 Å². The molecule has 3 rings (SSSR count). The van der Waals surface area contributed by atoms with Crippen molar-refractivity contribution in [2.24, 2.45) is 0 Å². The first-order chi connectivity index (χ1) is 14.6. The van der Waals surface area contributed by atoms with E-state index in [1.165, 1.54) is 0 Å². The number of carbonyl (C=O) groups excluding carboxylic acids is 1. The first-order valence-corrected chi connectivity index (χ1v) is 10.2. The molecule has 6 heteroatoms. The van der Waals surface area contributed by atoms with Crippen LogP contribution in [0.25, 0.3) is 0 Å². The smallest absolute Gasteiger partial charge is 0.287 e. The molecule has 0 radical (unpaired) electrons. The third-order valence-corrected chi connectivity index (χ3v) is 5.22. The van der Waals surface area contributed by atoms with Crippen molar-refractivity contribution in [3.8, 4) is 5.75 Å². The number of ether oxygens (including phenoxy) is 1. The van der Waals surface area contributed by atoms with Gasteiger partial charge in [0.15, 0.2) is 6.04 Å². The van der Waals surface area contributed by atoms with Gasteiger partial charge in [-0.3, -0.25) is 4.79 Å². The number of carbonyl (C=O) groups is 1. The number of halogens is 1. The van der Waals surface area contributed by atoms with Crippen molar-refractivity contribution in [1.82, 2.24) is 0 Å². The van der Waals surface area contributed by atoms with Crippen LogP contribution in [0.5, 0.6) is 5.75 Å². The Morgan fingerprint density at radius 3 is 2.33 bits per heavy atom. The molecule has 0 saturated carbocycles. The van der Waals surface area contributed by atoms with Gasteiger partial charge < -0.3 is 20.1 Å². The summed E-state index contributed by atoms with van der Waals surface area (Å²) in [7, 11) is 1.55. The molecule has 0 aromatic heterocycles. The average molecular weight is 426 g/mol.